The van der Waals surface area contributed by atoms with Crippen LogP contribution in [0, 0.1) is 5.92 Å². The molecular formula is C23H22O2. The van der Waals surface area contributed by atoms with Gasteiger partial charge in [-0.05, 0) is 72.7 Å². The molecular weight excluding hydrogens is 308 g/mol. The molecule has 1 heterocycles. The van der Waals surface area contributed by atoms with Gasteiger partial charge < -0.3 is 4.74 Å². The van der Waals surface area contributed by atoms with Crippen molar-refractivity contribution in [2.24, 2.45) is 5.92 Å². The lowest BCUT2D eigenvalue weighted by Gasteiger charge is -2.32. The maximum absolute atomic E-state index is 11.3. The number of carbonyl (C=O) groups excluding carboxylic acids is 1. The summed E-state index contributed by atoms with van der Waals surface area (Å²) in [6.45, 7) is 6.30. The first-order valence-corrected chi connectivity index (χ1v) is 8.87. The standard InChI is InChI=1S/C23H22O2/c1-15-4-5-18-12-16(6-8-20(18)21(15)14-24)17-7-9-22-19(13-17)10-11-23(2,3)25-22/h4-9,12-13,15H,10-11H2,1-3H3. The van der Waals surface area contributed by atoms with Crippen molar-refractivity contribution in [3.8, 4) is 16.9 Å². The molecule has 2 nitrogen and oxygen atoms in total. The van der Waals surface area contributed by atoms with E-state index in [-0.39, 0.29) is 11.5 Å². The molecule has 0 bridgehead atoms. The SMILES string of the molecule is CC1C=Cc2cc(-c3ccc4c(c3)CCC(C)(C)O4)ccc2C1=C=O. The van der Waals surface area contributed by atoms with Crippen LogP contribution in [0.3, 0.4) is 0 Å². The Bertz CT molecular complexity index is 927. The monoisotopic (exact) mass is 330 g/mol. The summed E-state index contributed by atoms with van der Waals surface area (Å²) in [4.78, 5) is 11.3. The molecule has 2 aromatic rings. The third kappa shape index (κ3) is 2.83. The Morgan fingerprint density at radius 1 is 1.12 bits per heavy atom. The maximum Gasteiger partial charge on any atom is 0.129 e. The molecule has 2 aliphatic rings. The van der Waals surface area contributed by atoms with Gasteiger partial charge in [-0.3, -0.25) is 0 Å². The summed E-state index contributed by atoms with van der Waals surface area (Å²) >= 11 is 0. The first kappa shape index (κ1) is 15.9. The number of allylic oxidation sites excluding steroid dienone is 2. The van der Waals surface area contributed by atoms with Crippen molar-refractivity contribution in [2.75, 3.05) is 0 Å². The number of aryl methyl sites for hydroxylation is 1. The zero-order valence-electron chi connectivity index (χ0n) is 14.9. The smallest absolute Gasteiger partial charge is 0.129 e. The summed E-state index contributed by atoms with van der Waals surface area (Å²) in [6, 6.07) is 12.7. The summed E-state index contributed by atoms with van der Waals surface area (Å²) in [5.74, 6) is 3.24. The molecule has 1 aliphatic heterocycles. The topological polar surface area (TPSA) is 26.3 Å². The molecule has 25 heavy (non-hydrogen) atoms. The lowest BCUT2D eigenvalue weighted by molar-refractivity contribution is 0.0847. The molecule has 126 valence electrons. The molecule has 0 fully saturated rings. The molecule has 0 amide bonds. The second-order valence-corrected chi connectivity index (χ2v) is 7.65. The van der Waals surface area contributed by atoms with Gasteiger partial charge in [-0.1, -0.05) is 37.3 Å². The summed E-state index contributed by atoms with van der Waals surface area (Å²) in [7, 11) is 0. The van der Waals surface area contributed by atoms with Gasteiger partial charge in [0.25, 0.3) is 0 Å². The first-order chi connectivity index (χ1) is 12.0. The fraction of sp³-hybridized carbons (Fsp3) is 0.304. The first-order valence-electron chi connectivity index (χ1n) is 8.87. The van der Waals surface area contributed by atoms with Gasteiger partial charge in [0.05, 0.1) is 5.57 Å². The predicted molar refractivity (Wildman–Crippen MR) is 102 cm³/mol. The van der Waals surface area contributed by atoms with Gasteiger partial charge in [-0.25, -0.2) is 4.79 Å². The van der Waals surface area contributed by atoms with Crippen molar-refractivity contribution in [2.45, 2.75) is 39.2 Å². The average molecular weight is 330 g/mol. The van der Waals surface area contributed by atoms with E-state index in [0.29, 0.717) is 0 Å². The maximum atomic E-state index is 11.3. The third-order valence-corrected chi connectivity index (χ3v) is 5.25. The highest BCUT2D eigenvalue weighted by molar-refractivity contribution is 5.95. The highest BCUT2D eigenvalue weighted by Gasteiger charge is 2.26. The van der Waals surface area contributed by atoms with Gasteiger partial charge in [0.2, 0.25) is 0 Å². The molecule has 2 heteroatoms. The fourth-order valence-electron chi connectivity index (χ4n) is 3.70. The molecule has 2 aromatic carbocycles. The normalized spacial score (nSPS) is 20.3. The van der Waals surface area contributed by atoms with Crippen molar-refractivity contribution < 1.29 is 9.53 Å². The average Bonchev–Trinajstić information content (AvgIpc) is 2.60. The van der Waals surface area contributed by atoms with E-state index in [1.807, 2.05) is 13.0 Å². The van der Waals surface area contributed by atoms with Gasteiger partial charge in [0.15, 0.2) is 0 Å². The highest BCUT2D eigenvalue weighted by atomic mass is 16.5. The van der Waals surface area contributed by atoms with Gasteiger partial charge in [-0.15, -0.1) is 0 Å². The lowest BCUT2D eigenvalue weighted by atomic mass is 9.84. The molecule has 4 rings (SSSR count). The second-order valence-electron chi connectivity index (χ2n) is 7.65. The number of hydrogen-bond acceptors (Lipinski definition) is 2. The molecule has 1 atom stereocenters. The van der Waals surface area contributed by atoms with Crippen molar-refractivity contribution in [3.05, 3.63) is 59.2 Å². The van der Waals surface area contributed by atoms with Crippen LogP contribution in [-0.2, 0) is 11.2 Å². The van der Waals surface area contributed by atoms with Crippen LogP contribution in [0.4, 0.5) is 0 Å². The molecule has 0 spiro atoms. The third-order valence-electron chi connectivity index (χ3n) is 5.25. The number of rotatable bonds is 1. The van der Waals surface area contributed by atoms with Crippen LogP contribution in [0.2, 0.25) is 0 Å². The van der Waals surface area contributed by atoms with Crippen molar-refractivity contribution in [3.63, 3.8) is 0 Å². The van der Waals surface area contributed by atoms with Gasteiger partial charge >= 0.3 is 0 Å². The van der Waals surface area contributed by atoms with Crippen molar-refractivity contribution >= 4 is 17.6 Å². The second kappa shape index (κ2) is 5.75. The van der Waals surface area contributed by atoms with E-state index >= 15 is 0 Å². The number of benzene rings is 2. The molecule has 0 saturated heterocycles. The van der Waals surface area contributed by atoms with Gasteiger partial charge in [0, 0.05) is 5.92 Å². The highest BCUT2D eigenvalue weighted by Crippen LogP contribution is 2.37. The zero-order chi connectivity index (χ0) is 17.6. The predicted octanol–water partition coefficient (Wildman–Crippen LogP) is 5.34. The Morgan fingerprint density at radius 2 is 1.88 bits per heavy atom. The molecule has 1 unspecified atom stereocenters. The van der Waals surface area contributed by atoms with E-state index in [1.54, 1.807) is 0 Å². The van der Waals surface area contributed by atoms with Crippen molar-refractivity contribution in [1.82, 2.24) is 0 Å². The van der Waals surface area contributed by atoms with Crippen LogP contribution in [0.5, 0.6) is 5.75 Å². The Kier molecular flexibility index (Phi) is 3.67. The quantitative estimate of drug-likeness (QED) is 0.660. The number of hydrogen-bond donors (Lipinski definition) is 0. The van der Waals surface area contributed by atoms with E-state index in [4.69, 9.17) is 4.74 Å². The summed E-state index contributed by atoms with van der Waals surface area (Å²) < 4.78 is 6.08. The van der Waals surface area contributed by atoms with Crippen LogP contribution in [-0.4, -0.2) is 11.5 Å². The summed E-state index contributed by atoms with van der Waals surface area (Å²) in [5.41, 5.74) is 6.36. The number of fused-ring (bicyclic) bond motifs is 2. The molecule has 0 aromatic heterocycles. The lowest BCUT2D eigenvalue weighted by Crippen LogP contribution is -2.32. The fourth-order valence-corrected chi connectivity index (χ4v) is 3.70. The van der Waals surface area contributed by atoms with Crippen LogP contribution >= 0.6 is 0 Å². The Hall–Kier alpha value is -2.57. The van der Waals surface area contributed by atoms with Gasteiger partial charge in [-0.2, -0.15) is 0 Å². The summed E-state index contributed by atoms with van der Waals surface area (Å²) in [6.07, 6.45) is 6.24. The Morgan fingerprint density at radius 3 is 2.68 bits per heavy atom. The minimum absolute atomic E-state index is 0.0839. The molecule has 0 saturated carbocycles. The summed E-state index contributed by atoms with van der Waals surface area (Å²) in [5, 5.41) is 0. The molecule has 1 aliphatic carbocycles. The van der Waals surface area contributed by atoms with Crippen LogP contribution < -0.4 is 4.74 Å². The number of ether oxygens (including phenoxy) is 1. The van der Waals surface area contributed by atoms with Crippen LogP contribution in [0.1, 0.15) is 43.9 Å². The van der Waals surface area contributed by atoms with E-state index in [2.05, 4.69) is 62.3 Å². The minimum Gasteiger partial charge on any atom is -0.488 e. The molecule has 0 N–H and O–H groups in total. The minimum atomic E-state index is -0.0839. The van der Waals surface area contributed by atoms with E-state index in [0.717, 1.165) is 40.9 Å². The largest absolute Gasteiger partial charge is 0.488 e. The molecule has 0 radical (unpaired) electrons. The van der Waals surface area contributed by atoms with Crippen LogP contribution in [0.25, 0.3) is 22.8 Å². The van der Waals surface area contributed by atoms with Gasteiger partial charge in [0.1, 0.15) is 17.3 Å². The van der Waals surface area contributed by atoms with Crippen LogP contribution in [0.15, 0.2) is 42.5 Å². The van der Waals surface area contributed by atoms with E-state index in [9.17, 15) is 4.79 Å². The Labute approximate surface area is 148 Å². The zero-order valence-corrected chi connectivity index (χ0v) is 14.9. The van der Waals surface area contributed by atoms with E-state index < -0.39 is 0 Å². The van der Waals surface area contributed by atoms with E-state index in [1.165, 1.54) is 11.1 Å². The Balaban J connectivity index is 1.73. The van der Waals surface area contributed by atoms with Crippen molar-refractivity contribution in [1.29, 1.82) is 0 Å².